The molecule has 0 aliphatic carbocycles. The summed E-state index contributed by atoms with van der Waals surface area (Å²) in [4.78, 5) is 10.8. The first kappa shape index (κ1) is 9.40. The molecular weight excluding hydrogens is 168 g/mol. The van der Waals surface area contributed by atoms with E-state index in [0.717, 1.165) is 0 Å². The molecule has 1 rings (SSSR count). The molecule has 3 atom stereocenters. The van der Waals surface area contributed by atoms with Crippen LogP contribution in [0.15, 0.2) is 0 Å². The monoisotopic (exact) mass is 178 g/mol. The molecule has 6 heteroatoms. The fraction of sp³-hybridized carbons (Fsp3) is 0.833. The van der Waals surface area contributed by atoms with Gasteiger partial charge in [-0.05, 0) is 0 Å². The smallest absolute Gasteiger partial charge is 0.344 e. The molecule has 1 heterocycles. The van der Waals surface area contributed by atoms with E-state index < -0.39 is 30.4 Å². The van der Waals surface area contributed by atoms with Gasteiger partial charge < -0.3 is 25.2 Å². The van der Waals surface area contributed by atoms with Gasteiger partial charge in [-0.25, -0.2) is 4.79 Å². The van der Waals surface area contributed by atoms with E-state index in [-0.39, 0.29) is 6.61 Å². The van der Waals surface area contributed by atoms with E-state index in [2.05, 4.69) is 4.74 Å². The Morgan fingerprint density at radius 1 is 1.75 bits per heavy atom. The summed E-state index contributed by atoms with van der Waals surface area (Å²) in [6.45, 7) is -1.19. The maximum Gasteiger partial charge on any atom is 0.344 e. The average Bonchev–Trinajstić information content (AvgIpc) is 2.32. The summed E-state index contributed by atoms with van der Waals surface area (Å²) in [5, 5.41) is 35.9. The molecule has 0 radical (unpaired) electrons. The Kier molecular flexibility index (Phi) is 2.34. The van der Waals surface area contributed by atoms with E-state index >= 15 is 0 Å². The number of ether oxygens (including phenoxy) is 1. The third-order valence-electron chi connectivity index (χ3n) is 1.89. The number of rotatable bonds is 2. The maximum atomic E-state index is 10.8. The minimum absolute atomic E-state index is 0.369. The average molecular weight is 178 g/mol. The summed E-state index contributed by atoms with van der Waals surface area (Å²) < 4.78 is 4.29. The van der Waals surface area contributed by atoms with Gasteiger partial charge in [0.25, 0.3) is 0 Å². The van der Waals surface area contributed by atoms with Gasteiger partial charge in [0.15, 0.2) is 0 Å². The first-order chi connectivity index (χ1) is 5.53. The van der Waals surface area contributed by atoms with Crippen LogP contribution in [0.2, 0.25) is 0 Å². The van der Waals surface area contributed by atoms with Gasteiger partial charge in [0, 0.05) is 0 Å². The van der Waals surface area contributed by atoms with Crippen LogP contribution < -0.4 is 0 Å². The molecule has 0 bridgehead atoms. The Bertz CT molecular complexity index is 192. The van der Waals surface area contributed by atoms with Crippen molar-refractivity contribution in [1.29, 1.82) is 0 Å². The molecule has 0 spiro atoms. The number of carbonyl (C=O) groups is 1. The van der Waals surface area contributed by atoms with Crippen LogP contribution >= 0.6 is 0 Å². The first-order valence-electron chi connectivity index (χ1n) is 3.40. The highest BCUT2D eigenvalue weighted by molar-refractivity contribution is 5.83. The van der Waals surface area contributed by atoms with E-state index in [1.807, 2.05) is 0 Å². The number of aliphatic hydroxyl groups excluding tert-OH is 3. The molecular formula is C6H10O6. The largest absolute Gasteiger partial charge is 0.461 e. The molecule has 0 amide bonds. The molecule has 12 heavy (non-hydrogen) atoms. The zero-order valence-corrected chi connectivity index (χ0v) is 6.17. The first-order valence-corrected chi connectivity index (χ1v) is 3.40. The van der Waals surface area contributed by atoms with Crippen LogP contribution in [0.3, 0.4) is 0 Å². The summed E-state index contributed by atoms with van der Waals surface area (Å²) in [6.07, 6.45) is -3.21. The van der Waals surface area contributed by atoms with Crippen molar-refractivity contribution in [3.63, 3.8) is 0 Å². The van der Waals surface area contributed by atoms with Crippen molar-refractivity contribution in [2.24, 2.45) is 0 Å². The maximum absolute atomic E-state index is 10.8. The van der Waals surface area contributed by atoms with Crippen LogP contribution in [-0.2, 0) is 9.53 Å². The summed E-state index contributed by atoms with van der Waals surface area (Å²) >= 11 is 0. The Morgan fingerprint density at radius 2 is 2.33 bits per heavy atom. The van der Waals surface area contributed by atoms with Gasteiger partial charge in [0.2, 0.25) is 5.60 Å². The Balaban J connectivity index is 2.86. The van der Waals surface area contributed by atoms with Crippen molar-refractivity contribution >= 4 is 5.97 Å². The number of hydrogen-bond acceptors (Lipinski definition) is 6. The predicted octanol–water partition coefficient (Wildman–Crippen LogP) is -3.01. The van der Waals surface area contributed by atoms with Gasteiger partial charge in [0.05, 0.1) is 6.61 Å². The number of carbonyl (C=O) groups excluding carboxylic acids is 1. The van der Waals surface area contributed by atoms with Crippen LogP contribution in [0.5, 0.6) is 0 Å². The van der Waals surface area contributed by atoms with Gasteiger partial charge in [-0.15, -0.1) is 0 Å². The summed E-state index contributed by atoms with van der Waals surface area (Å²) in [5.74, 6) is -1.11. The fourth-order valence-electron chi connectivity index (χ4n) is 1.03. The zero-order valence-electron chi connectivity index (χ0n) is 6.17. The van der Waals surface area contributed by atoms with Crippen molar-refractivity contribution < 1.29 is 30.0 Å². The van der Waals surface area contributed by atoms with Gasteiger partial charge in [-0.2, -0.15) is 0 Å². The molecule has 0 saturated carbocycles. The molecule has 0 aromatic carbocycles. The molecule has 0 aromatic rings. The second-order valence-corrected chi connectivity index (χ2v) is 2.64. The Labute approximate surface area is 68.0 Å². The number of cyclic esters (lactones) is 1. The molecule has 4 N–H and O–H groups in total. The SMILES string of the molecule is O=C1OCC(O)C1(O)[C@@H](O)CO. The Hall–Kier alpha value is -0.690. The topological polar surface area (TPSA) is 107 Å². The number of hydrogen-bond donors (Lipinski definition) is 4. The molecule has 2 unspecified atom stereocenters. The third kappa shape index (κ3) is 1.09. The normalized spacial score (nSPS) is 38.0. The van der Waals surface area contributed by atoms with Crippen LogP contribution in [0.25, 0.3) is 0 Å². The van der Waals surface area contributed by atoms with E-state index in [4.69, 9.17) is 15.3 Å². The summed E-state index contributed by atoms with van der Waals surface area (Å²) in [5.41, 5.74) is -2.38. The van der Waals surface area contributed by atoms with Crippen molar-refractivity contribution in [3.8, 4) is 0 Å². The standard InChI is InChI=1S/C6H10O6/c7-1-3(8)6(11)4(9)2-12-5(6)10/h3-4,7-9,11H,1-2H2/t3-,4?,6?/m0/s1. The van der Waals surface area contributed by atoms with Gasteiger partial charge >= 0.3 is 5.97 Å². The van der Waals surface area contributed by atoms with E-state index in [0.29, 0.717) is 0 Å². The van der Waals surface area contributed by atoms with E-state index in [9.17, 15) is 9.90 Å². The van der Waals surface area contributed by atoms with Crippen molar-refractivity contribution in [2.75, 3.05) is 13.2 Å². The highest BCUT2D eigenvalue weighted by atomic mass is 16.6. The molecule has 1 fully saturated rings. The van der Waals surface area contributed by atoms with Gasteiger partial charge in [-0.1, -0.05) is 0 Å². The predicted molar refractivity (Wildman–Crippen MR) is 35.0 cm³/mol. The second-order valence-electron chi connectivity index (χ2n) is 2.64. The lowest BCUT2D eigenvalue weighted by molar-refractivity contribution is -0.174. The molecule has 6 nitrogen and oxygen atoms in total. The molecule has 1 saturated heterocycles. The number of aliphatic hydroxyl groups is 4. The van der Waals surface area contributed by atoms with Gasteiger partial charge in [0.1, 0.15) is 18.8 Å². The lowest BCUT2D eigenvalue weighted by Crippen LogP contribution is -2.55. The van der Waals surface area contributed by atoms with Gasteiger partial charge in [-0.3, -0.25) is 0 Å². The van der Waals surface area contributed by atoms with Crippen molar-refractivity contribution in [2.45, 2.75) is 17.8 Å². The van der Waals surface area contributed by atoms with Crippen LogP contribution in [0, 0.1) is 0 Å². The lowest BCUT2D eigenvalue weighted by Gasteiger charge is -2.25. The van der Waals surface area contributed by atoms with E-state index in [1.165, 1.54) is 0 Å². The summed E-state index contributed by atoms with van der Waals surface area (Å²) in [7, 11) is 0. The highest BCUT2D eigenvalue weighted by Gasteiger charge is 2.55. The van der Waals surface area contributed by atoms with Crippen LogP contribution in [-0.4, -0.2) is 57.4 Å². The van der Waals surface area contributed by atoms with E-state index in [1.54, 1.807) is 0 Å². The lowest BCUT2D eigenvalue weighted by atomic mass is 9.93. The molecule has 1 aliphatic rings. The molecule has 0 aromatic heterocycles. The number of esters is 1. The molecule has 70 valence electrons. The molecule has 1 aliphatic heterocycles. The minimum atomic E-state index is -2.38. The van der Waals surface area contributed by atoms with Crippen molar-refractivity contribution in [3.05, 3.63) is 0 Å². The van der Waals surface area contributed by atoms with Crippen LogP contribution in [0.1, 0.15) is 0 Å². The minimum Gasteiger partial charge on any atom is -0.461 e. The summed E-state index contributed by atoms with van der Waals surface area (Å²) in [6, 6.07) is 0. The van der Waals surface area contributed by atoms with Crippen LogP contribution in [0.4, 0.5) is 0 Å². The Morgan fingerprint density at radius 3 is 2.67 bits per heavy atom. The highest BCUT2D eigenvalue weighted by Crippen LogP contribution is 2.24. The fourth-order valence-corrected chi connectivity index (χ4v) is 1.03. The zero-order chi connectivity index (χ0) is 9.35. The quantitative estimate of drug-likeness (QED) is 0.335. The third-order valence-corrected chi connectivity index (χ3v) is 1.89. The second kappa shape index (κ2) is 2.98. The van der Waals surface area contributed by atoms with Crippen molar-refractivity contribution in [1.82, 2.24) is 0 Å².